The van der Waals surface area contributed by atoms with Crippen molar-refractivity contribution in [2.45, 2.75) is 12.8 Å². The van der Waals surface area contributed by atoms with Crippen molar-refractivity contribution in [3.8, 4) is 0 Å². The number of carbonyl (C=O) groups excluding carboxylic acids is 1. The minimum absolute atomic E-state index is 0.175. The van der Waals surface area contributed by atoms with E-state index in [0.717, 1.165) is 0 Å². The van der Waals surface area contributed by atoms with Gasteiger partial charge in [-0.25, -0.2) is 0 Å². The Kier molecular flexibility index (Phi) is 3.38. The highest BCUT2D eigenvalue weighted by molar-refractivity contribution is 6.29. The fraction of sp³-hybridized carbons (Fsp3) is 0.455. The highest BCUT2D eigenvalue weighted by Crippen LogP contribution is 2.21. The first kappa shape index (κ1) is 12.0. The molecule has 0 radical (unpaired) electrons. The van der Waals surface area contributed by atoms with Gasteiger partial charge in [0.05, 0.1) is 5.92 Å². The Balaban J connectivity index is 1.97. The number of nitrogens with zero attached hydrogens (tertiary/aromatic N) is 1. The van der Waals surface area contributed by atoms with E-state index in [1.807, 2.05) is 0 Å². The number of amides is 1. The molecule has 0 unspecified atom stereocenters. The second kappa shape index (κ2) is 4.79. The molecule has 92 valence electrons. The van der Waals surface area contributed by atoms with Gasteiger partial charge in [0.15, 0.2) is 11.0 Å². The molecule has 0 saturated carbocycles. The molecule has 1 aromatic heterocycles. The number of carboxylic acids is 1. The van der Waals surface area contributed by atoms with Crippen molar-refractivity contribution < 1.29 is 19.1 Å². The van der Waals surface area contributed by atoms with E-state index in [2.05, 4.69) is 0 Å². The molecule has 1 fully saturated rings. The molecule has 0 bridgehead atoms. The quantitative estimate of drug-likeness (QED) is 0.878. The summed E-state index contributed by atoms with van der Waals surface area (Å²) < 4.78 is 5.03. The predicted octanol–water partition coefficient (Wildman–Crippen LogP) is 1.87. The molecule has 1 saturated heterocycles. The van der Waals surface area contributed by atoms with Crippen molar-refractivity contribution in [1.29, 1.82) is 0 Å². The van der Waals surface area contributed by atoms with Crippen LogP contribution in [0.5, 0.6) is 0 Å². The van der Waals surface area contributed by atoms with E-state index in [1.54, 1.807) is 4.90 Å². The Hall–Kier alpha value is -1.49. The molecule has 1 aliphatic heterocycles. The van der Waals surface area contributed by atoms with Gasteiger partial charge in [-0.15, -0.1) is 0 Å². The second-order valence-corrected chi connectivity index (χ2v) is 4.38. The smallest absolute Gasteiger partial charge is 0.306 e. The molecule has 0 aromatic carbocycles. The number of hydrogen-bond donors (Lipinski definition) is 1. The lowest BCUT2D eigenvalue weighted by atomic mass is 9.97. The highest BCUT2D eigenvalue weighted by Gasteiger charge is 2.28. The molecule has 1 N–H and O–H groups in total. The second-order valence-electron chi connectivity index (χ2n) is 4.01. The number of furan rings is 1. The fourth-order valence-corrected chi connectivity index (χ4v) is 2.06. The van der Waals surface area contributed by atoms with Crippen LogP contribution >= 0.6 is 11.6 Å². The standard InChI is InChI=1S/C11H12ClNO4/c12-9-2-1-8(17-9)10(14)13-5-3-7(4-6-13)11(15)16/h1-2,7H,3-6H2,(H,15,16). The third-order valence-electron chi connectivity index (χ3n) is 2.92. The summed E-state index contributed by atoms with van der Waals surface area (Å²) in [5.41, 5.74) is 0. The van der Waals surface area contributed by atoms with Gasteiger partial charge in [0.2, 0.25) is 0 Å². The van der Waals surface area contributed by atoms with E-state index in [1.165, 1.54) is 12.1 Å². The Morgan fingerprint density at radius 2 is 2.00 bits per heavy atom. The van der Waals surface area contributed by atoms with Crippen molar-refractivity contribution >= 4 is 23.5 Å². The van der Waals surface area contributed by atoms with Crippen LogP contribution in [0.15, 0.2) is 16.5 Å². The maximum atomic E-state index is 11.9. The van der Waals surface area contributed by atoms with E-state index in [-0.39, 0.29) is 22.8 Å². The van der Waals surface area contributed by atoms with Crippen LogP contribution in [0.1, 0.15) is 23.4 Å². The largest absolute Gasteiger partial charge is 0.481 e. The lowest BCUT2D eigenvalue weighted by Crippen LogP contribution is -2.40. The van der Waals surface area contributed by atoms with Crippen LogP contribution in [0.3, 0.4) is 0 Å². The Labute approximate surface area is 103 Å². The van der Waals surface area contributed by atoms with E-state index >= 15 is 0 Å². The summed E-state index contributed by atoms with van der Waals surface area (Å²) in [5, 5.41) is 9.02. The normalized spacial score (nSPS) is 17.1. The first-order chi connectivity index (χ1) is 8.08. The zero-order valence-electron chi connectivity index (χ0n) is 9.06. The van der Waals surface area contributed by atoms with Crippen molar-refractivity contribution in [3.63, 3.8) is 0 Å². The number of carboxylic acid groups (broad SMARTS) is 1. The molecule has 1 aromatic rings. The third-order valence-corrected chi connectivity index (χ3v) is 3.12. The minimum Gasteiger partial charge on any atom is -0.481 e. The summed E-state index contributed by atoms with van der Waals surface area (Å²) in [6.07, 6.45) is 0.963. The number of aliphatic carboxylic acids is 1. The zero-order chi connectivity index (χ0) is 12.4. The van der Waals surface area contributed by atoms with Crippen LogP contribution < -0.4 is 0 Å². The van der Waals surface area contributed by atoms with Crippen molar-refractivity contribution in [2.75, 3.05) is 13.1 Å². The van der Waals surface area contributed by atoms with E-state index in [0.29, 0.717) is 25.9 Å². The maximum Gasteiger partial charge on any atom is 0.306 e. The van der Waals surface area contributed by atoms with Crippen molar-refractivity contribution in [1.82, 2.24) is 4.90 Å². The van der Waals surface area contributed by atoms with E-state index in [4.69, 9.17) is 21.1 Å². The summed E-state index contributed by atoms with van der Waals surface area (Å²) >= 11 is 5.59. The van der Waals surface area contributed by atoms with Gasteiger partial charge in [-0.2, -0.15) is 0 Å². The number of piperidine rings is 1. The van der Waals surface area contributed by atoms with Gasteiger partial charge >= 0.3 is 5.97 Å². The van der Waals surface area contributed by atoms with Gasteiger partial charge in [0, 0.05) is 13.1 Å². The summed E-state index contributed by atoms with van der Waals surface area (Å²) in [6.45, 7) is 0.877. The zero-order valence-corrected chi connectivity index (χ0v) is 9.81. The SMILES string of the molecule is O=C(O)C1CCN(C(=O)c2ccc(Cl)o2)CC1. The monoisotopic (exact) mass is 257 g/mol. The van der Waals surface area contributed by atoms with E-state index in [9.17, 15) is 9.59 Å². The van der Waals surface area contributed by atoms with Gasteiger partial charge in [-0.1, -0.05) is 0 Å². The number of likely N-dealkylation sites (tertiary alicyclic amines) is 1. The summed E-state index contributed by atoms with van der Waals surface area (Å²) in [4.78, 5) is 24.3. The van der Waals surface area contributed by atoms with Crippen LogP contribution in [-0.4, -0.2) is 35.0 Å². The summed E-state index contributed by atoms with van der Waals surface area (Å²) in [5.74, 6) is -1.18. The molecule has 0 aliphatic carbocycles. The van der Waals surface area contributed by atoms with Crippen LogP contribution in [0, 0.1) is 5.92 Å². The van der Waals surface area contributed by atoms with E-state index < -0.39 is 5.97 Å². The molecule has 0 atom stereocenters. The molecule has 0 spiro atoms. The van der Waals surface area contributed by atoms with Crippen LogP contribution in [0.25, 0.3) is 0 Å². The van der Waals surface area contributed by atoms with Gasteiger partial charge in [-0.3, -0.25) is 9.59 Å². The number of hydrogen-bond acceptors (Lipinski definition) is 3. The molecular formula is C11H12ClNO4. The lowest BCUT2D eigenvalue weighted by Gasteiger charge is -2.29. The average molecular weight is 258 g/mol. The van der Waals surface area contributed by atoms with Crippen LogP contribution in [0.2, 0.25) is 5.22 Å². The molecule has 2 heterocycles. The lowest BCUT2D eigenvalue weighted by molar-refractivity contribution is -0.143. The fourth-order valence-electron chi connectivity index (χ4n) is 1.91. The van der Waals surface area contributed by atoms with Crippen LogP contribution in [-0.2, 0) is 4.79 Å². The first-order valence-corrected chi connectivity index (χ1v) is 5.73. The number of halogens is 1. The summed E-state index contributed by atoms with van der Waals surface area (Å²) in [6, 6.07) is 3.03. The van der Waals surface area contributed by atoms with Crippen LogP contribution in [0.4, 0.5) is 0 Å². The first-order valence-electron chi connectivity index (χ1n) is 5.35. The van der Waals surface area contributed by atoms with Gasteiger partial charge in [0.25, 0.3) is 5.91 Å². The van der Waals surface area contributed by atoms with Gasteiger partial charge in [0.1, 0.15) is 0 Å². The topological polar surface area (TPSA) is 70.8 Å². The van der Waals surface area contributed by atoms with Crippen molar-refractivity contribution in [3.05, 3.63) is 23.1 Å². The molecule has 1 amide bonds. The highest BCUT2D eigenvalue weighted by atomic mass is 35.5. The molecule has 17 heavy (non-hydrogen) atoms. The molecule has 6 heteroatoms. The number of carbonyl (C=O) groups is 2. The Bertz CT molecular complexity index is 434. The Morgan fingerprint density at radius 1 is 1.35 bits per heavy atom. The minimum atomic E-state index is -0.793. The maximum absolute atomic E-state index is 11.9. The molecular weight excluding hydrogens is 246 g/mol. The van der Waals surface area contributed by atoms with Gasteiger partial charge < -0.3 is 14.4 Å². The summed E-state index contributed by atoms with van der Waals surface area (Å²) in [7, 11) is 0. The molecule has 5 nitrogen and oxygen atoms in total. The molecule has 2 rings (SSSR count). The molecule has 1 aliphatic rings. The average Bonchev–Trinajstić information content (AvgIpc) is 2.75. The third kappa shape index (κ3) is 2.61. The predicted molar refractivity (Wildman–Crippen MR) is 60.0 cm³/mol. The van der Waals surface area contributed by atoms with Gasteiger partial charge in [-0.05, 0) is 36.6 Å². The number of rotatable bonds is 2. The Morgan fingerprint density at radius 3 is 2.47 bits per heavy atom. The van der Waals surface area contributed by atoms with Crippen molar-refractivity contribution in [2.24, 2.45) is 5.92 Å².